The zero-order valence-corrected chi connectivity index (χ0v) is 92.2. The Kier molecular flexibility index (Phi) is 31.0. The zero-order valence-electron chi connectivity index (χ0n) is 92.2. The van der Waals surface area contributed by atoms with E-state index in [1.54, 1.807) is 0 Å². The van der Waals surface area contributed by atoms with Crippen LogP contribution in [-0.4, -0.2) is 49.8 Å². The molecule has 1 aliphatic carbocycles. The fourth-order valence-electron chi connectivity index (χ4n) is 21.2. The molecule has 0 aliphatic heterocycles. The highest BCUT2D eigenvalue weighted by molar-refractivity contribution is 5.99. The topological polar surface area (TPSA) is 148 Å². The molecule has 1 fully saturated rings. The van der Waals surface area contributed by atoms with E-state index in [9.17, 15) is 0 Å². The number of benzene rings is 10. The Morgan fingerprint density at radius 1 is 0.270 bits per heavy atom. The molecule has 0 saturated heterocycles. The highest BCUT2D eigenvalue weighted by Crippen LogP contribution is 2.42. The summed E-state index contributed by atoms with van der Waals surface area (Å²) in [5.41, 5.74) is 54.3. The van der Waals surface area contributed by atoms with E-state index >= 15 is 0 Å². The molecule has 0 unspecified atom stereocenters. The van der Waals surface area contributed by atoms with Gasteiger partial charge < -0.3 is 0 Å². The van der Waals surface area contributed by atoms with Gasteiger partial charge in [0.25, 0.3) is 31.6 Å². The second-order valence-electron chi connectivity index (χ2n) is 43.6. The van der Waals surface area contributed by atoms with Crippen molar-refractivity contribution in [1.82, 2.24) is 49.8 Å². The second kappa shape index (κ2) is 44.1. The lowest BCUT2D eigenvalue weighted by Crippen LogP contribution is -2.32. The highest BCUT2D eigenvalue weighted by Gasteiger charge is 2.28. The average molecular weight is 1950 g/mol. The highest BCUT2D eigenvalue weighted by atomic mass is 15.0. The van der Waals surface area contributed by atoms with Crippen molar-refractivity contribution < 1.29 is 22.8 Å². The number of rotatable bonds is 15. The van der Waals surface area contributed by atoms with Crippen molar-refractivity contribution in [2.24, 2.45) is 46.6 Å². The molecule has 0 bridgehead atoms. The Balaban J connectivity index is 0.000000126. The van der Waals surface area contributed by atoms with Gasteiger partial charge in [0.05, 0.1) is 62.2 Å². The molecule has 148 heavy (non-hydrogen) atoms. The van der Waals surface area contributed by atoms with Crippen LogP contribution in [0.1, 0.15) is 198 Å². The van der Waals surface area contributed by atoms with E-state index in [1.807, 2.05) is 75.6 Å². The standard InChI is InChI=1S/C28H30N3.C28H32N3.C27H30N3.C26H28N3.C24H24N3/c1-18-13-19(2)20(3)25(14-18)28-24-11-9-22(15-27(24)30-17-31(28)4)23-10-12-26(29-16-23)21-7-5-6-8-21;1-18-12-19(2)20(3)25(13-18)27-24-11-9-21(14-26(24)30-17-31(27)7)22-8-10-23(29-16-22)15-28(4,5)6;1-17(2)11-23-9-7-22(15-28-23)21-8-10-24-26(14-21)29-16-30(6)27(24)25-13-18(3)12-19(4)20(25)5;1-16(2)24-10-8-21(14-27-24)20-7-9-22-25(13-20)28-15-29(6)26(22)23-12-17(3)11-18(4)19(23)5;1-15-10-16(2)18(4)22(11-15)24-21-9-8-19(12-23(21)26-14-27(24)5)20-7-6-17(3)25-13-20/h9-17,21H,5-8H2,1-4H3;8-14,16-17H,15H2,1-7H3;7-10,12-17H,11H2,1-6H3;7-16H,1-6H3;6-14H,1-5H3/q5*+1. The first-order valence-electron chi connectivity index (χ1n) is 52.3. The van der Waals surface area contributed by atoms with Crippen LogP contribution in [0.15, 0.2) is 275 Å². The number of hydrogen-bond acceptors (Lipinski definition) is 10. The monoisotopic (exact) mass is 1950 g/mol. The van der Waals surface area contributed by atoms with Crippen LogP contribution in [-0.2, 0) is 48.1 Å². The summed E-state index contributed by atoms with van der Waals surface area (Å²) in [5, 5.41) is 5.84. The van der Waals surface area contributed by atoms with Gasteiger partial charge in [-0.05, 0) is 383 Å². The molecular weight excluding hydrogens is 1810 g/mol. The van der Waals surface area contributed by atoms with Crippen LogP contribution in [0.2, 0.25) is 0 Å². The summed E-state index contributed by atoms with van der Waals surface area (Å²) in [6.45, 7) is 50.2. The van der Waals surface area contributed by atoms with E-state index in [2.05, 4.69) is 437 Å². The number of aryl methyl sites for hydroxylation is 16. The van der Waals surface area contributed by atoms with Crippen LogP contribution >= 0.6 is 0 Å². The molecule has 0 atom stereocenters. The van der Waals surface area contributed by atoms with Crippen molar-refractivity contribution >= 4 is 54.5 Å². The lowest BCUT2D eigenvalue weighted by atomic mass is 9.90. The molecule has 0 N–H and O–H groups in total. The number of nitrogens with zero attached hydrogens (tertiary/aromatic N) is 15. The van der Waals surface area contributed by atoms with Crippen molar-refractivity contribution in [3.63, 3.8) is 0 Å². The van der Waals surface area contributed by atoms with E-state index in [4.69, 9.17) is 29.9 Å². The Morgan fingerprint density at radius 2 is 0.534 bits per heavy atom. The molecule has 21 rings (SSSR count). The summed E-state index contributed by atoms with van der Waals surface area (Å²) in [7, 11) is 10.4. The number of fused-ring (bicyclic) bond motifs is 5. The fraction of sp³-hybridized carbons (Fsp3) is 0.286. The van der Waals surface area contributed by atoms with E-state index in [0.29, 0.717) is 17.8 Å². The molecule has 15 nitrogen and oxygen atoms in total. The van der Waals surface area contributed by atoms with Gasteiger partial charge in [-0.2, -0.15) is 0 Å². The van der Waals surface area contributed by atoms with E-state index < -0.39 is 0 Å². The first kappa shape index (κ1) is 104. The minimum absolute atomic E-state index is 0.236. The van der Waals surface area contributed by atoms with Crippen LogP contribution in [0.5, 0.6) is 0 Å². The summed E-state index contributed by atoms with van der Waals surface area (Å²) in [6, 6.07) is 76.9. The number of pyridine rings is 5. The van der Waals surface area contributed by atoms with Crippen LogP contribution in [0.3, 0.4) is 0 Å². The smallest absolute Gasteiger partial charge is 0.261 e. The molecule has 10 aromatic heterocycles. The van der Waals surface area contributed by atoms with Gasteiger partial charge in [0.15, 0.2) is 27.6 Å². The molecule has 746 valence electrons. The molecule has 0 spiro atoms. The van der Waals surface area contributed by atoms with Gasteiger partial charge >= 0.3 is 0 Å². The zero-order chi connectivity index (χ0) is 105. The molecule has 10 heterocycles. The Labute approximate surface area is 876 Å². The van der Waals surface area contributed by atoms with E-state index in [-0.39, 0.29) is 5.41 Å². The third kappa shape index (κ3) is 23.1. The van der Waals surface area contributed by atoms with Crippen LogP contribution < -0.4 is 22.8 Å². The summed E-state index contributed by atoms with van der Waals surface area (Å²) in [5.74, 6) is 1.70. The Bertz CT molecular complexity index is 8400. The molecule has 15 heteroatoms. The van der Waals surface area contributed by atoms with Gasteiger partial charge in [-0.3, -0.25) is 24.9 Å². The SMILES string of the molecule is Cc1cc(C)c(C)c(-c2c3ccc(-c4ccc(C(C)C)nc4)cc3nc[n+]2C)c1.Cc1cc(C)c(C)c(-c2c3ccc(-c4ccc(C)nc4)cc3nc[n+]2C)c1.Cc1cc(C)c(C)c(-c2c3ccc(-c4ccc(C5CCCC5)nc4)cc3nc[n+]2C)c1.Cc1cc(C)c(C)c(-c2c3ccc(-c4ccc(CC(C)(C)C)nc4)cc3nc[n+]2C)c1.Cc1cc(C)c(C)c(-c2c3ccc(-c4ccc(CC(C)C)nc4)cc3nc[n+]2C)c1. The molecule has 20 aromatic rings. The van der Waals surface area contributed by atoms with Gasteiger partial charge in [-0.15, -0.1) is 0 Å². The molecular formula is C133H144N15+5. The van der Waals surface area contributed by atoms with E-state index in [1.165, 1.54) is 198 Å². The first-order chi connectivity index (χ1) is 70.7. The van der Waals surface area contributed by atoms with Crippen molar-refractivity contribution in [3.8, 4) is 112 Å². The minimum Gasteiger partial charge on any atom is -0.261 e. The van der Waals surface area contributed by atoms with Crippen molar-refractivity contribution in [3.05, 3.63) is 387 Å². The third-order valence-corrected chi connectivity index (χ3v) is 29.7. The molecule has 1 aliphatic rings. The van der Waals surface area contributed by atoms with E-state index in [0.717, 1.165) is 119 Å². The quantitative estimate of drug-likeness (QED) is 0.0908. The van der Waals surface area contributed by atoms with Crippen molar-refractivity contribution in [2.75, 3.05) is 0 Å². The maximum atomic E-state index is 4.80. The largest absolute Gasteiger partial charge is 0.287 e. The minimum atomic E-state index is 0.236. The van der Waals surface area contributed by atoms with Gasteiger partial charge in [0.1, 0.15) is 28.5 Å². The number of hydrogen-bond donors (Lipinski definition) is 0. The predicted molar refractivity (Wildman–Crippen MR) is 611 cm³/mol. The van der Waals surface area contributed by atoms with Crippen molar-refractivity contribution in [2.45, 2.75) is 210 Å². The third-order valence-electron chi connectivity index (χ3n) is 29.7. The molecule has 0 radical (unpaired) electrons. The van der Waals surface area contributed by atoms with Crippen LogP contribution in [0.25, 0.3) is 166 Å². The predicted octanol–water partition coefficient (Wildman–Crippen LogP) is 29.4. The molecule has 1 saturated carbocycles. The summed E-state index contributed by atoms with van der Waals surface area (Å²) in [6.07, 6.45) is 26.7. The summed E-state index contributed by atoms with van der Waals surface area (Å²) >= 11 is 0. The van der Waals surface area contributed by atoms with Crippen molar-refractivity contribution in [1.29, 1.82) is 0 Å². The molecule has 10 aromatic carbocycles. The van der Waals surface area contributed by atoms with Gasteiger partial charge in [0.2, 0.25) is 0 Å². The second-order valence-corrected chi connectivity index (χ2v) is 43.6. The maximum Gasteiger partial charge on any atom is 0.287 e. The fourth-order valence-corrected chi connectivity index (χ4v) is 21.2. The van der Waals surface area contributed by atoms with Gasteiger partial charge in [-0.1, -0.05) is 180 Å². The lowest BCUT2D eigenvalue weighted by molar-refractivity contribution is -0.662. The maximum absolute atomic E-state index is 4.80. The summed E-state index contributed by atoms with van der Waals surface area (Å²) < 4.78 is 10.7. The van der Waals surface area contributed by atoms with Crippen LogP contribution in [0, 0.1) is 122 Å². The van der Waals surface area contributed by atoms with Gasteiger partial charge in [0, 0.05) is 121 Å². The number of aromatic nitrogens is 15. The van der Waals surface area contributed by atoms with Crippen LogP contribution in [0.4, 0.5) is 0 Å². The van der Waals surface area contributed by atoms with Gasteiger partial charge in [-0.25, -0.2) is 22.8 Å². The first-order valence-corrected chi connectivity index (χ1v) is 52.3. The average Bonchev–Trinajstić information content (AvgIpc) is 1.69. The normalized spacial score (nSPS) is 12.1. The Morgan fingerprint density at radius 3 is 0.777 bits per heavy atom. The summed E-state index contributed by atoms with van der Waals surface area (Å²) in [4.78, 5) is 46.8. The lowest BCUT2D eigenvalue weighted by Gasteiger charge is -2.17. The Hall–Kier alpha value is -15.4. The molecule has 0 amide bonds.